The molecule has 4 heteroatoms. The molecule has 2 atom stereocenters. The third kappa shape index (κ3) is 3.34. The molecule has 3 nitrogen and oxygen atoms in total. The van der Waals surface area contributed by atoms with Gasteiger partial charge in [0.1, 0.15) is 0 Å². The second-order valence-electron chi connectivity index (χ2n) is 5.60. The number of hydrogen-bond donors (Lipinski definition) is 2. The van der Waals surface area contributed by atoms with E-state index in [2.05, 4.69) is 47.9 Å². The fourth-order valence-electron chi connectivity index (χ4n) is 2.79. The summed E-state index contributed by atoms with van der Waals surface area (Å²) in [6.45, 7) is 3.69. The average molecular weight is 312 g/mol. The van der Waals surface area contributed by atoms with Crippen LogP contribution in [0.2, 0.25) is 0 Å². The van der Waals surface area contributed by atoms with Crippen LogP contribution in [0.4, 0.5) is 5.69 Å². The Morgan fingerprint density at radius 1 is 1.23 bits per heavy atom. The molecule has 0 aliphatic carbocycles. The van der Waals surface area contributed by atoms with Crippen LogP contribution < -0.4 is 10.6 Å². The van der Waals surface area contributed by atoms with Gasteiger partial charge in [0.2, 0.25) is 5.91 Å². The highest BCUT2D eigenvalue weighted by molar-refractivity contribution is 7.99. The number of thioether (sulfide) groups is 1. The maximum absolute atomic E-state index is 11.2. The van der Waals surface area contributed by atoms with Crippen molar-refractivity contribution in [2.24, 2.45) is 0 Å². The summed E-state index contributed by atoms with van der Waals surface area (Å²) in [5, 5.41) is 6.54. The zero-order valence-corrected chi connectivity index (χ0v) is 13.6. The summed E-state index contributed by atoms with van der Waals surface area (Å²) in [6.07, 6.45) is 0. The van der Waals surface area contributed by atoms with Crippen molar-refractivity contribution in [1.82, 2.24) is 5.32 Å². The molecule has 2 N–H and O–H groups in total. The number of rotatable bonds is 4. The van der Waals surface area contributed by atoms with E-state index in [0.717, 1.165) is 11.4 Å². The first-order chi connectivity index (χ1) is 10.6. The van der Waals surface area contributed by atoms with Crippen LogP contribution in [-0.2, 0) is 4.79 Å². The first-order valence-corrected chi connectivity index (χ1v) is 8.47. The molecular formula is C18H20N2OS. The quantitative estimate of drug-likeness (QED) is 0.891. The summed E-state index contributed by atoms with van der Waals surface area (Å²) in [5.74, 6) is 1.02. The highest BCUT2D eigenvalue weighted by Crippen LogP contribution is 2.38. The van der Waals surface area contributed by atoms with Crippen LogP contribution in [-0.4, -0.2) is 11.7 Å². The van der Waals surface area contributed by atoms with Gasteiger partial charge >= 0.3 is 0 Å². The Balaban J connectivity index is 1.73. The lowest BCUT2D eigenvalue weighted by Gasteiger charge is -2.21. The van der Waals surface area contributed by atoms with Gasteiger partial charge in [0.15, 0.2) is 0 Å². The van der Waals surface area contributed by atoms with Crippen molar-refractivity contribution < 1.29 is 4.79 Å². The number of hydrogen-bond acceptors (Lipinski definition) is 3. The van der Waals surface area contributed by atoms with Crippen LogP contribution in [0.3, 0.4) is 0 Å². The molecule has 0 radical (unpaired) electrons. The standard InChI is InChI=1S/C18H20N2OS/c1-12(14-6-5-7-15(10-14)20-13(2)21)19-17-11-22-18-9-4-3-8-16(17)18/h3-10,12,17,19H,11H2,1-2H3,(H,20,21)/t12-,17-/m1/s1. The van der Waals surface area contributed by atoms with E-state index >= 15 is 0 Å². The lowest BCUT2D eigenvalue weighted by molar-refractivity contribution is -0.114. The highest BCUT2D eigenvalue weighted by atomic mass is 32.2. The molecule has 0 saturated carbocycles. The first-order valence-electron chi connectivity index (χ1n) is 7.49. The molecule has 1 aliphatic heterocycles. The predicted octanol–water partition coefficient (Wildman–Crippen LogP) is 4.14. The molecular weight excluding hydrogens is 292 g/mol. The zero-order valence-electron chi connectivity index (χ0n) is 12.8. The van der Waals surface area contributed by atoms with Gasteiger partial charge < -0.3 is 10.6 Å². The van der Waals surface area contributed by atoms with E-state index in [1.807, 2.05) is 30.0 Å². The molecule has 3 rings (SSSR count). The smallest absolute Gasteiger partial charge is 0.221 e. The van der Waals surface area contributed by atoms with Gasteiger partial charge in [0.05, 0.1) is 0 Å². The van der Waals surface area contributed by atoms with Gasteiger partial charge in [0.25, 0.3) is 0 Å². The summed E-state index contributed by atoms with van der Waals surface area (Å²) in [5.41, 5.74) is 3.41. The summed E-state index contributed by atoms with van der Waals surface area (Å²) in [7, 11) is 0. The Hall–Kier alpha value is -1.78. The van der Waals surface area contributed by atoms with E-state index in [1.165, 1.54) is 22.9 Å². The number of amides is 1. The zero-order chi connectivity index (χ0) is 15.5. The summed E-state index contributed by atoms with van der Waals surface area (Å²) < 4.78 is 0. The Kier molecular flexibility index (Phi) is 4.50. The van der Waals surface area contributed by atoms with Crippen LogP contribution in [0, 0.1) is 0 Å². The van der Waals surface area contributed by atoms with E-state index < -0.39 is 0 Å². The number of anilines is 1. The van der Waals surface area contributed by atoms with Gasteiger partial charge in [-0.3, -0.25) is 4.79 Å². The van der Waals surface area contributed by atoms with Gasteiger partial charge in [-0.05, 0) is 36.2 Å². The Morgan fingerprint density at radius 2 is 2.05 bits per heavy atom. The van der Waals surface area contributed by atoms with Crippen molar-refractivity contribution in [2.45, 2.75) is 30.8 Å². The fourth-order valence-corrected chi connectivity index (χ4v) is 3.96. The summed E-state index contributed by atoms with van der Waals surface area (Å²) in [4.78, 5) is 12.6. The van der Waals surface area contributed by atoms with Crippen molar-refractivity contribution in [3.63, 3.8) is 0 Å². The third-order valence-corrected chi connectivity index (χ3v) is 5.04. The van der Waals surface area contributed by atoms with E-state index in [9.17, 15) is 4.79 Å². The van der Waals surface area contributed by atoms with Crippen molar-refractivity contribution in [3.05, 3.63) is 59.7 Å². The lowest BCUT2D eigenvalue weighted by atomic mass is 10.0. The van der Waals surface area contributed by atoms with Gasteiger partial charge in [0, 0.05) is 35.3 Å². The molecule has 1 aliphatic rings. The second kappa shape index (κ2) is 6.55. The minimum atomic E-state index is -0.0427. The SMILES string of the molecule is CC(=O)Nc1cccc([C@@H](C)N[C@@H]2CSc3ccccc32)c1. The van der Waals surface area contributed by atoms with E-state index in [1.54, 1.807) is 0 Å². The number of fused-ring (bicyclic) bond motifs is 1. The molecule has 0 aromatic heterocycles. The molecule has 0 bridgehead atoms. The molecule has 1 heterocycles. The molecule has 114 valence electrons. The first kappa shape index (κ1) is 15.1. The molecule has 0 fully saturated rings. The van der Waals surface area contributed by atoms with Gasteiger partial charge in [-0.15, -0.1) is 11.8 Å². The van der Waals surface area contributed by atoms with Crippen LogP contribution in [0.5, 0.6) is 0 Å². The average Bonchev–Trinajstić information content (AvgIpc) is 2.90. The van der Waals surface area contributed by atoms with E-state index in [-0.39, 0.29) is 11.9 Å². The Bertz CT molecular complexity index is 686. The van der Waals surface area contributed by atoms with E-state index in [0.29, 0.717) is 6.04 Å². The molecule has 2 aromatic carbocycles. The van der Waals surface area contributed by atoms with Crippen LogP contribution in [0.1, 0.15) is 37.1 Å². The summed E-state index contributed by atoms with van der Waals surface area (Å²) in [6, 6.07) is 17.2. The molecule has 2 aromatic rings. The number of benzene rings is 2. The number of carbonyl (C=O) groups excluding carboxylic acids is 1. The Morgan fingerprint density at radius 3 is 2.86 bits per heavy atom. The molecule has 0 saturated heterocycles. The van der Waals surface area contributed by atoms with Crippen molar-refractivity contribution in [1.29, 1.82) is 0 Å². The van der Waals surface area contributed by atoms with Gasteiger partial charge in [-0.2, -0.15) is 0 Å². The topological polar surface area (TPSA) is 41.1 Å². The minimum Gasteiger partial charge on any atom is -0.326 e. The molecule has 0 unspecified atom stereocenters. The maximum atomic E-state index is 11.2. The highest BCUT2D eigenvalue weighted by Gasteiger charge is 2.24. The second-order valence-corrected chi connectivity index (χ2v) is 6.66. The Labute approximate surface area is 135 Å². The van der Waals surface area contributed by atoms with Crippen molar-refractivity contribution in [3.8, 4) is 0 Å². The van der Waals surface area contributed by atoms with E-state index in [4.69, 9.17) is 0 Å². The predicted molar refractivity (Wildman–Crippen MR) is 92.2 cm³/mol. The van der Waals surface area contributed by atoms with Crippen LogP contribution in [0.25, 0.3) is 0 Å². The monoisotopic (exact) mass is 312 g/mol. The largest absolute Gasteiger partial charge is 0.326 e. The molecule has 22 heavy (non-hydrogen) atoms. The number of carbonyl (C=O) groups is 1. The van der Waals surface area contributed by atoms with Gasteiger partial charge in [-0.25, -0.2) is 0 Å². The van der Waals surface area contributed by atoms with Crippen molar-refractivity contribution in [2.75, 3.05) is 11.1 Å². The van der Waals surface area contributed by atoms with Gasteiger partial charge in [-0.1, -0.05) is 30.3 Å². The minimum absolute atomic E-state index is 0.0427. The lowest BCUT2D eigenvalue weighted by Crippen LogP contribution is -2.24. The van der Waals surface area contributed by atoms with Crippen molar-refractivity contribution >= 4 is 23.4 Å². The number of nitrogens with one attached hydrogen (secondary N) is 2. The fraction of sp³-hybridized carbons (Fsp3) is 0.278. The molecule has 1 amide bonds. The van der Waals surface area contributed by atoms with Crippen LogP contribution in [0.15, 0.2) is 53.4 Å². The van der Waals surface area contributed by atoms with Crippen LogP contribution >= 0.6 is 11.8 Å². The third-order valence-electron chi connectivity index (χ3n) is 3.86. The summed E-state index contributed by atoms with van der Waals surface area (Å²) >= 11 is 1.91. The maximum Gasteiger partial charge on any atom is 0.221 e. The molecule has 0 spiro atoms. The normalized spacial score (nSPS) is 17.8.